The van der Waals surface area contributed by atoms with E-state index < -0.39 is 0 Å². The smallest absolute Gasteiger partial charge is 0.101 e. The molecular formula is C21H28N2O. The molecule has 2 saturated carbocycles. The molecule has 1 aliphatic heterocycles. The number of hydrogen-bond acceptors (Lipinski definition) is 3. The number of nitriles is 1. The maximum atomic E-state index is 9.33. The summed E-state index contributed by atoms with van der Waals surface area (Å²) in [5.41, 5.74) is 1.81. The SMILES string of the molecule is CCO[C@]1(c2cccc(C#N)c2)[C@@H]2CCC[C@H]1CN(CC1CC1)C2. The lowest BCUT2D eigenvalue weighted by atomic mass is 9.62. The Morgan fingerprint density at radius 3 is 2.58 bits per heavy atom. The van der Waals surface area contributed by atoms with Crippen molar-refractivity contribution in [3.63, 3.8) is 0 Å². The van der Waals surface area contributed by atoms with Crippen LogP contribution in [-0.2, 0) is 10.3 Å². The number of ether oxygens (including phenoxy) is 1. The molecule has 0 spiro atoms. The number of likely N-dealkylation sites (tertiary alicyclic amines) is 1. The summed E-state index contributed by atoms with van der Waals surface area (Å²) in [6, 6.07) is 10.5. The Bertz CT molecular complexity index is 617. The van der Waals surface area contributed by atoms with E-state index in [4.69, 9.17) is 4.74 Å². The van der Waals surface area contributed by atoms with Crippen LogP contribution in [0.1, 0.15) is 50.2 Å². The van der Waals surface area contributed by atoms with Crippen LogP contribution in [0.25, 0.3) is 0 Å². The number of rotatable bonds is 5. The molecule has 1 heterocycles. The predicted molar refractivity (Wildman–Crippen MR) is 94.5 cm³/mol. The lowest BCUT2D eigenvalue weighted by Crippen LogP contribution is -2.59. The van der Waals surface area contributed by atoms with Gasteiger partial charge in [-0.25, -0.2) is 0 Å². The Hall–Kier alpha value is -1.37. The quantitative estimate of drug-likeness (QED) is 0.823. The summed E-state index contributed by atoms with van der Waals surface area (Å²) in [4.78, 5) is 2.71. The fraction of sp³-hybridized carbons (Fsp3) is 0.667. The zero-order valence-electron chi connectivity index (χ0n) is 14.7. The van der Waals surface area contributed by atoms with Crippen molar-refractivity contribution in [2.45, 2.75) is 44.6 Å². The molecule has 1 aromatic carbocycles. The third-order valence-electron chi connectivity index (χ3n) is 6.31. The minimum Gasteiger partial charge on any atom is -0.370 e. The van der Waals surface area contributed by atoms with Gasteiger partial charge in [0.25, 0.3) is 0 Å². The average molecular weight is 324 g/mol. The summed E-state index contributed by atoms with van der Waals surface area (Å²) in [5, 5.41) is 9.33. The van der Waals surface area contributed by atoms with Crippen molar-refractivity contribution < 1.29 is 4.74 Å². The van der Waals surface area contributed by atoms with Crippen LogP contribution in [0.5, 0.6) is 0 Å². The van der Waals surface area contributed by atoms with E-state index in [-0.39, 0.29) is 5.60 Å². The Labute approximate surface area is 145 Å². The fourth-order valence-corrected chi connectivity index (χ4v) is 5.20. The van der Waals surface area contributed by atoms with E-state index in [0.29, 0.717) is 11.8 Å². The van der Waals surface area contributed by atoms with Crippen LogP contribution in [0.2, 0.25) is 0 Å². The van der Waals surface area contributed by atoms with Gasteiger partial charge in [-0.1, -0.05) is 18.6 Å². The van der Waals surface area contributed by atoms with Gasteiger partial charge < -0.3 is 9.64 Å². The van der Waals surface area contributed by atoms with E-state index in [1.807, 2.05) is 12.1 Å². The van der Waals surface area contributed by atoms with Crippen molar-refractivity contribution in [2.75, 3.05) is 26.2 Å². The van der Waals surface area contributed by atoms with Gasteiger partial charge in [0.1, 0.15) is 5.60 Å². The Balaban J connectivity index is 1.69. The number of nitrogens with zero attached hydrogens (tertiary/aromatic N) is 2. The molecule has 1 saturated heterocycles. The summed E-state index contributed by atoms with van der Waals surface area (Å²) in [6.45, 7) is 6.45. The average Bonchev–Trinajstić information content (AvgIpc) is 3.39. The van der Waals surface area contributed by atoms with Crippen molar-refractivity contribution in [3.05, 3.63) is 35.4 Å². The first-order valence-electron chi connectivity index (χ1n) is 9.63. The van der Waals surface area contributed by atoms with Gasteiger partial charge in [-0.2, -0.15) is 5.26 Å². The van der Waals surface area contributed by atoms with Gasteiger partial charge >= 0.3 is 0 Å². The van der Waals surface area contributed by atoms with E-state index >= 15 is 0 Å². The van der Waals surface area contributed by atoms with E-state index in [1.165, 1.54) is 44.2 Å². The summed E-state index contributed by atoms with van der Waals surface area (Å²) >= 11 is 0. The Morgan fingerprint density at radius 2 is 1.96 bits per heavy atom. The molecule has 0 radical (unpaired) electrons. The maximum absolute atomic E-state index is 9.33. The molecule has 2 bridgehead atoms. The standard InChI is InChI=1S/C21H28N2O/c1-2-24-21(18-6-3-5-17(11-18)12-22)19-7-4-8-20(21)15-23(14-19)13-16-9-10-16/h3,5-6,11,16,19-20H,2,4,7-10,13-15H2,1H3/t19-,20+,21-. The van der Waals surface area contributed by atoms with Gasteiger partial charge in [0.2, 0.25) is 0 Å². The van der Waals surface area contributed by atoms with Crippen molar-refractivity contribution in [2.24, 2.45) is 17.8 Å². The van der Waals surface area contributed by atoms with Gasteiger partial charge in [0.15, 0.2) is 0 Å². The second-order valence-electron chi connectivity index (χ2n) is 7.91. The van der Waals surface area contributed by atoms with Crippen LogP contribution in [0.3, 0.4) is 0 Å². The van der Waals surface area contributed by atoms with Gasteiger partial charge in [0, 0.05) is 38.1 Å². The van der Waals surface area contributed by atoms with E-state index in [0.717, 1.165) is 31.2 Å². The van der Waals surface area contributed by atoms with Crippen LogP contribution in [-0.4, -0.2) is 31.1 Å². The van der Waals surface area contributed by atoms with Crippen molar-refractivity contribution in [1.82, 2.24) is 4.90 Å². The van der Waals surface area contributed by atoms with E-state index in [2.05, 4.69) is 30.0 Å². The molecule has 128 valence electrons. The van der Waals surface area contributed by atoms with Gasteiger partial charge in [-0.3, -0.25) is 0 Å². The van der Waals surface area contributed by atoms with Gasteiger partial charge in [-0.05, 0) is 56.2 Å². The molecule has 0 aromatic heterocycles. The summed E-state index contributed by atoms with van der Waals surface area (Å²) in [7, 11) is 0. The molecule has 3 fully saturated rings. The van der Waals surface area contributed by atoms with Crippen molar-refractivity contribution in [1.29, 1.82) is 5.26 Å². The van der Waals surface area contributed by atoms with E-state index in [9.17, 15) is 5.26 Å². The van der Waals surface area contributed by atoms with Crippen LogP contribution in [0, 0.1) is 29.1 Å². The molecule has 0 amide bonds. The zero-order chi connectivity index (χ0) is 16.6. The molecule has 4 rings (SSSR count). The molecule has 24 heavy (non-hydrogen) atoms. The maximum Gasteiger partial charge on any atom is 0.101 e. The largest absolute Gasteiger partial charge is 0.370 e. The fourth-order valence-electron chi connectivity index (χ4n) is 5.20. The van der Waals surface area contributed by atoms with Crippen molar-refractivity contribution in [3.8, 4) is 6.07 Å². The lowest BCUT2D eigenvalue weighted by Gasteiger charge is -2.56. The van der Waals surface area contributed by atoms with E-state index in [1.54, 1.807) is 0 Å². The number of benzene rings is 1. The van der Waals surface area contributed by atoms with Crippen LogP contribution in [0.15, 0.2) is 24.3 Å². The number of piperidine rings is 1. The highest BCUT2D eigenvalue weighted by atomic mass is 16.5. The summed E-state index contributed by atoms with van der Waals surface area (Å²) in [6.07, 6.45) is 6.65. The molecule has 1 aromatic rings. The minimum absolute atomic E-state index is 0.181. The highest BCUT2D eigenvalue weighted by Gasteiger charge is 2.53. The first-order valence-corrected chi connectivity index (χ1v) is 9.63. The highest BCUT2D eigenvalue weighted by Crippen LogP contribution is 2.52. The second kappa shape index (κ2) is 6.50. The summed E-state index contributed by atoms with van der Waals surface area (Å²) < 4.78 is 6.56. The van der Waals surface area contributed by atoms with Crippen LogP contribution < -0.4 is 0 Å². The Morgan fingerprint density at radius 1 is 1.21 bits per heavy atom. The molecule has 3 nitrogen and oxygen atoms in total. The van der Waals surface area contributed by atoms with Crippen molar-refractivity contribution >= 4 is 0 Å². The zero-order valence-corrected chi connectivity index (χ0v) is 14.7. The first-order chi connectivity index (χ1) is 11.8. The molecule has 2 aliphatic carbocycles. The lowest BCUT2D eigenvalue weighted by molar-refractivity contribution is -0.183. The normalized spacial score (nSPS) is 33.2. The van der Waals surface area contributed by atoms with Gasteiger partial charge in [-0.15, -0.1) is 0 Å². The molecular weight excluding hydrogens is 296 g/mol. The molecule has 3 aliphatic rings. The topological polar surface area (TPSA) is 36.3 Å². The molecule has 3 heteroatoms. The first kappa shape index (κ1) is 16.1. The summed E-state index contributed by atoms with van der Waals surface area (Å²) in [5.74, 6) is 2.06. The highest BCUT2D eigenvalue weighted by molar-refractivity contribution is 5.37. The number of hydrogen-bond donors (Lipinski definition) is 0. The monoisotopic (exact) mass is 324 g/mol. The minimum atomic E-state index is -0.181. The third kappa shape index (κ3) is 2.76. The molecule has 0 N–H and O–H groups in total. The molecule has 3 atom stereocenters. The van der Waals surface area contributed by atoms with Gasteiger partial charge in [0.05, 0.1) is 11.6 Å². The number of fused-ring (bicyclic) bond motifs is 2. The Kier molecular flexibility index (Phi) is 4.37. The third-order valence-corrected chi connectivity index (χ3v) is 6.31. The van der Waals surface area contributed by atoms with Crippen LogP contribution in [0.4, 0.5) is 0 Å². The molecule has 0 unspecified atom stereocenters. The van der Waals surface area contributed by atoms with Crippen LogP contribution >= 0.6 is 0 Å². The second-order valence-corrected chi connectivity index (χ2v) is 7.91. The predicted octanol–water partition coefficient (Wildman–Crippen LogP) is 3.93.